The van der Waals surface area contributed by atoms with Crippen molar-refractivity contribution in [3.8, 4) is 11.8 Å². The summed E-state index contributed by atoms with van der Waals surface area (Å²) < 4.78 is 0. The predicted octanol–water partition coefficient (Wildman–Crippen LogP) is 8.10. The quantitative estimate of drug-likeness (QED) is 0.193. The van der Waals surface area contributed by atoms with Crippen LogP contribution in [0.4, 0.5) is 0 Å². The monoisotopic (exact) mass is 330 g/mol. The van der Waals surface area contributed by atoms with Gasteiger partial charge in [0.25, 0.3) is 0 Å². The third kappa shape index (κ3) is 15.9. The van der Waals surface area contributed by atoms with Gasteiger partial charge in [-0.15, -0.1) is 11.8 Å². The second-order valence-corrected chi connectivity index (χ2v) is 7.77. The van der Waals surface area contributed by atoms with Crippen LogP contribution in [0.25, 0.3) is 0 Å². The first-order chi connectivity index (χ1) is 11.5. The first kappa shape index (κ1) is 23.0. The Labute approximate surface area is 153 Å². The molecule has 0 aliphatic rings. The van der Waals surface area contributed by atoms with Gasteiger partial charge in [0.05, 0.1) is 0 Å². The van der Waals surface area contributed by atoms with Gasteiger partial charge in [0.1, 0.15) is 0 Å². The number of rotatable bonds is 12. The Bertz CT molecular complexity index is 411. The molecule has 1 atom stereocenters. The summed E-state index contributed by atoms with van der Waals surface area (Å²) in [6.45, 7) is 13.5. The van der Waals surface area contributed by atoms with E-state index in [0.717, 1.165) is 12.3 Å². The molecule has 0 aromatic rings. The summed E-state index contributed by atoms with van der Waals surface area (Å²) in [5.41, 5.74) is 3.12. The largest absolute Gasteiger partial charge is 0.103 e. The summed E-state index contributed by atoms with van der Waals surface area (Å²) in [5, 5.41) is 0. The number of unbranched alkanes of at least 4 members (excludes halogenated alkanes) is 2. The van der Waals surface area contributed by atoms with Crippen LogP contribution in [-0.2, 0) is 0 Å². The average Bonchev–Trinajstić information content (AvgIpc) is 2.51. The van der Waals surface area contributed by atoms with Gasteiger partial charge in [-0.3, -0.25) is 0 Å². The molecular formula is C24H42. The molecule has 0 heteroatoms. The molecule has 0 aromatic heterocycles. The molecule has 0 nitrogen and oxygen atoms in total. The molecule has 0 saturated heterocycles. The van der Waals surface area contributed by atoms with Crippen molar-refractivity contribution in [1.29, 1.82) is 0 Å². The Morgan fingerprint density at radius 1 is 0.875 bits per heavy atom. The van der Waals surface area contributed by atoms with Gasteiger partial charge in [-0.1, -0.05) is 63.8 Å². The summed E-state index contributed by atoms with van der Waals surface area (Å²) >= 11 is 0. The minimum Gasteiger partial charge on any atom is -0.103 e. The van der Waals surface area contributed by atoms with Crippen LogP contribution in [0.15, 0.2) is 23.3 Å². The normalized spacial score (nSPS) is 13.8. The molecule has 0 heterocycles. The Kier molecular flexibility index (Phi) is 14.9. The lowest BCUT2D eigenvalue weighted by Gasteiger charge is -2.10. The van der Waals surface area contributed by atoms with E-state index in [4.69, 9.17) is 0 Å². The summed E-state index contributed by atoms with van der Waals surface area (Å²) in [6.07, 6.45) is 17.5. The average molecular weight is 331 g/mol. The minimum atomic E-state index is 0.509. The van der Waals surface area contributed by atoms with E-state index in [2.05, 4.69) is 65.5 Å². The Morgan fingerprint density at radius 2 is 1.54 bits per heavy atom. The molecule has 0 N–H and O–H groups in total. The predicted molar refractivity (Wildman–Crippen MR) is 111 cm³/mol. The lowest BCUT2D eigenvalue weighted by molar-refractivity contribution is 0.468. The lowest BCUT2D eigenvalue weighted by Crippen LogP contribution is -1.94. The van der Waals surface area contributed by atoms with Crippen LogP contribution < -0.4 is 0 Å². The zero-order chi connectivity index (χ0) is 18.2. The molecule has 1 unspecified atom stereocenters. The topological polar surface area (TPSA) is 0 Å². The molecule has 0 radical (unpaired) electrons. The van der Waals surface area contributed by atoms with E-state index in [1.54, 1.807) is 11.1 Å². The molecule has 0 aromatic carbocycles. The van der Waals surface area contributed by atoms with E-state index in [-0.39, 0.29) is 0 Å². The second kappa shape index (κ2) is 15.6. The number of hydrogen-bond acceptors (Lipinski definition) is 0. The van der Waals surface area contributed by atoms with Crippen LogP contribution in [0, 0.1) is 23.7 Å². The van der Waals surface area contributed by atoms with Crippen molar-refractivity contribution in [2.75, 3.05) is 0 Å². The highest BCUT2D eigenvalue weighted by atomic mass is 14.1. The summed E-state index contributed by atoms with van der Waals surface area (Å²) in [6, 6.07) is 0. The summed E-state index contributed by atoms with van der Waals surface area (Å²) in [4.78, 5) is 0. The molecule has 0 spiro atoms. The smallest absolute Gasteiger partial charge is 0.0146 e. The van der Waals surface area contributed by atoms with Crippen LogP contribution >= 0.6 is 0 Å². The molecule has 0 amide bonds. The Hall–Kier alpha value is -0.960. The van der Waals surface area contributed by atoms with Crippen molar-refractivity contribution in [2.24, 2.45) is 11.8 Å². The van der Waals surface area contributed by atoms with Gasteiger partial charge in [-0.25, -0.2) is 0 Å². The first-order valence-electron chi connectivity index (χ1n) is 10.2. The molecule has 0 bridgehead atoms. The van der Waals surface area contributed by atoms with Gasteiger partial charge in [-0.2, -0.15) is 0 Å². The van der Waals surface area contributed by atoms with Crippen LogP contribution in [0.5, 0.6) is 0 Å². The van der Waals surface area contributed by atoms with Crippen molar-refractivity contribution in [3.05, 3.63) is 23.3 Å². The van der Waals surface area contributed by atoms with E-state index in [1.807, 2.05) is 0 Å². The minimum absolute atomic E-state index is 0.509. The van der Waals surface area contributed by atoms with Gasteiger partial charge in [0.15, 0.2) is 0 Å². The number of allylic oxidation sites excluding steroid dienone is 4. The van der Waals surface area contributed by atoms with Crippen molar-refractivity contribution < 1.29 is 0 Å². The van der Waals surface area contributed by atoms with E-state index < -0.39 is 0 Å². The van der Waals surface area contributed by atoms with Gasteiger partial charge in [0, 0.05) is 12.3 Å². The van der Waals surface area contributed by atoms with Crippen LogP contribution in [0.2, 0.25) is 0 Å². The maximum absolute atomic E-state index is 3.28. The maximum atomic E-state index is 3.28. The first-order valence-corrected chi connectivity index (χ1v) is 10.2. The van der Waals surface area contributed by atoms with Crippen LogP contribution in [-0.4, -0.2) is 0 Å². The summed E-state index contributed by atoms with van der Waals surface area (Å²) in [5.74, 6) is 7.89. The van der Waals surface area contributed by atoms with Crippen molar-refractivity contribution >= 4 is 0 Å². The third-order valence-electron chi connectivity index (χ3n) is 4.49. The molecule has 0 fully saturated rings. The highest BCUT2D eigenvalue weighted by molar-refractivity contribution is 5.03. The highest BCUT2D eigenvalue weighted by Crippen LogP contribution is 2.18. The van der Waals surface area contributed by atoms with Gasteiger partial charge in [0.2, 0.25) is 0 Å². The summed E-state index contributed by atoms with van der Waals surface area (Å²) in [7, 11) is 0. The van der Waals surface area contributed by atoms with Crippen molar-refractivity contribution in [1.82, 2.24) is 0 Å². The van der Waals surface area contributed by atoms with Gasteiger partial charge < -0.3 is 0 Å². The van der Waals surface area contributed by atoms with E-state index in [1.165, 1.54) is 57.8 Å². The fourth-order valence-corrected chi connectivity index (χ4v) is 2.94. The second-order valence-electron chi connectivity index (χ2n) is 7.77. The van der Waals surface area contributed by atoms with Crippen molar-refractivity contribution in [2.45, 2.75) is 106 Å². The maximum Gasteiger partial charge on any atom is 0.0146 e. The van der Waals surface area contributed by atoms with E-state index in [0.29, 0.717) is 5.92 Å². The molecule has 24 heavy (non-hydrogen) atoms. The van der Waals surface area contributed by atoms with Gasteiger partial charge >= 0.3 is 0 Å². The molecule has 138 valence electrons. The van der Waals surface area contributed by atoms with Crippen LogP contribution in [0.1, 0.15) is 106 Å². The highest BCUT2D eigenvalue weighted by Gasteiger charge is 2.01. The molecule has 0 rings (SSSR count). The SMILES string of the molecule is CCC=C(C)CCCCC(C)CCC=C(C)CCCC#CC(C)C. The fraction of sp³-hybridized carbons (Fsp3) is 0.750. The fourth-order valence-electron chi connectivity index (χ4n) is 2.94. The van der Waals surface area contributed by atoms with Gasteiger partial charge in [-0.05, 0) is 64.7 Å². The third-order valence-corrected chi connectivity index (χ3v) is 4.49. The molecule has 0 aliphatic heterocycles. The molecule has 0 saturated carbocycles. The Balaban J connectivity index is 3.69. The van der Waals surface area contributed by atoms with E-state index in [9.17, 15) is 0 Å². The lowest BCUT2D eigenvalue weighted by atomic mass is 9.96. The standard InChI is InChI=1S/C24H42/c1-7-14-22(4)17-11-12-18-24(6)20-13-19-23(5)16-10-8-9-15-21(2)3/h14,19,21,24H,7-8,10-13,16-18,20H2,1-6H3. The number of hydrogen-bond donors (Lipinski definition) is 0. The zero-order valence-corrected chi connectivity index (χ0v) is 17.4. The van der Waals surface area contributed by atoms with E-state index >= 15 is 0 Å². The molecule has 0 aliphatic carbocycles. The zero-order valence-electron chi connectivity index (χ0n) is 17.4. The Morgan fingerprint density at radius 3 is 2.21 bits per heavy atom. The molecular weight excluding hydrogens is 288 g/mol. The van der Waals surface area contributed by atoms with Crippen molar-refractivity contribution in [3.63, 3.8) is 0 Å². The van der Waals surface area contributed by atoms with Crippen LogP contribution in [0.3, 0.4) is 0 Å².